The number of carbonyl (C=O) groups is 1. The summed E-state index contributed by atoms with van der Waals surface area (Å²) in [5.74, 6) is 0. The molecule has 8 heteroatoms. The van der Waals surface area contributed by atoms with Crippen LogP contribution in [0.25, 0.3) is 0 Å². The average Bonchev–Trinajstić information content (AvgIpc) is 2.13. The fourth-order valence-corrected chi connectivity index (χ4v) is 1.24. The standard InChI is InChI=1S/C9H3F7O/c10-7(17)6-4(8(11,12)13)2-1-3-5(6)9(14,15)16/h1-3H. The maximum absolute atomic E-state index is 12.4. The van der Waals surface area contributed by atoms with Crippen LogP contribution in [-0.2, 0) is 12.4 Å². The highest BCUT2D eigenvalue weighted by Crippen LogP contribution is 2.39. The van der Waals surface area contributed by atoms with E-state index in [-0.39, 0.29) is 12.1 Å². The number of halogens is 7. The van der Waals surface area contributed by atoms with Gasteiger partial charge in [-0.25, -0.2) is 0 Å². The summed E-state index contributed by atoms with van der Waals surface area (Å²) >= 11 is 0. The van der Waals surface area contributed by atoms with Gasteiger partial charge >= 0.3 is 18.4 Å². The van der Waals surface area contributed by atoms with Gasteiger partial charge in [-0.3, -0.25) is 4.79 Å². The van der Waals surface area contributed by atoms with Crippen molar-refractivity contribution in [2.75, 3.05) is 0 Å². The number of carbonyl (C=O) groups excluding carboxylic acids is 1. The summed E-state index contributed by atoms with van der Waals surface area (Å²) in [7, 11) is 0. The Labute approximate surface area is 89.8 Å². The third kappa shape index (κ3) is 2.75. The minimum absolute atomic E-state index is 0.210. The lowest BCUT2D eigenvalue weighted by atomic mass is 10.0. The van der Waals surface area contributed by atoms with Crippen molar-refractivity contribution in [2.24, 2.45) is 0 Å². The van der Waals surface area contributed by atoms with Crippen molar-refractivity contribution in [1.82, 2.24) is 0 Å². The molecule has 0 saturated carbocycles. The summed E-state index contributed by atoms with van der Waals surface area (Å²) in [5, 5.41) is 0. The van der Waals surface area contributed by atoms with Gasteiger partial charge in [0, 0.05) is 0 Å². The number of benzene rings is 1. The monoisotopic (exact) mass is 260 g/mol. The number of hydrogen-bond acceptors (Lipinski definition) is 1. The molecule has 0 aliphatic carbocycles. The van der Waals surface area contributed by atoms with Gasteiger partial charge in [-0.1, -0.05) is 6.07 Å². The van der Waals surface area contributed by atoms with E-state index in [1.807, 2.05) is 0 Å². The minimum atomic E-state index is -5.24. The van der Waals surface area contributed by atoms with Crippen LogP contribution in [0, 0.1) is 0 Å². The van der Waals surface area contributed by atoms with E-state index < -0.39 is 35.1 Å². The van der Waals surface area contributed by atoms with Crippen LogP contribution in [0.2, 0.25) is 0 Å². The number of alkyl halides is 6. The predicted molar refractivity (Wildman–Crippen MR) is 41.9 cm³/mol. The second kappa shape index (κ2) is 4.01. The zero-order valence-electron chi connectivity index (χ0n) is 7.79. The van der Waals surface area contributed by atoms with E-state index >= 15 is 0 Å². The molecule has 1 aromatic carbocycles. The van der Waals surface area contributed by atoms with Crippen LogP contribution in [0.3, 0.4) is 0 Å². The molecule has 0 aliphatic heterocycles. The van der Waals surface area contributed by atoms with Crippen LogP contribution in [0.4, 0.5) is 30.7 Å². The largest absolute Gasteiger partial charge is 0.417 e. The second-order valence-electron chi connectivity index (χ2n) is 3.00. The third-order valence-electron chi connectivity index (χ3n) is 1.87. The smallest absolute Gasteiger partial charge is 0.255 e. The highest BCUT2D eigenvalue weighted by Gasteiger charge is 2.42. The van der Waals surface area contributed by atoms with Gasteiger partial charge in [0.1, 0.15) is 0 Å². The Morgan fingerprint density at radius 1 is 0.882 bits per heavy atom. The molecule has 0 heterocycles. The average molecular weight is 260 g/mol. The summed E-state index contributed by atoms with van der Waals surface area (Å²) in [6, 6.07) is -1.90. The van der Waals surface area contributed by atoms with E-state index in [0.717, 1.165) is 0 Å². The van der Waals surface area contributed by atoms with Gasteiger partial charge in [-0.05, 0) is 12.1 Å². The lowest BCUT2D eigenvalue weighted by Crippen LogP contribution is -2.18. The lowest BCUT2D eigenvalue weighted by molar-refractivity contribution is -0.143. The molecule has 0 unspecified atom stereocenters. The van der Waals surface area contributed by atoms with Gasteiger partial charge in [-0.15, -0.1) is 0 Å². The molecule has 0 fully saturated rings. The molecule has 94 valence electrons. The van der Waals surface area contributed by atoms with Gasteiger partial charge < -0.3 is 0 Å². The molecule has 0 N–H and O–H groups in total. The zero-order valence-corrected chi connectivity index (χ0v) is 7.79. The molecule has 1 nitrogen and oxygen atoms in total. The first kappa shape index (κ1) is 13.5. The van der Waals surface area contributed by atoms with E-state index in [9.17, 15) is 35.5 Å². The molecule has 0 spiro atoms. The zero-order chi connectivity index (χ0) is 13.4. The Balaban J connectivity index is 3.61. The number of hydrogen-bond donors (Lipinski definition) is 0. The molecule has 0 bridgehead atoms. The molecule has 0 aromatic heterocycles. The normalized spacial score (nSPS) is 12.6. The van der Waals surface area contributed by atoms with E-state index in [1.54, 1.807) is 0 Å². The van der Waals surface area contributed by atoms with E-state index in [0.29, 0.717) is 6.07 Å². The summed E-state index contributed by atoms with van der Waals surface area (Å²) in [4.78, 5) is 10.3. The van der Waals surface area contributed by atoms with Gasteiger partial charge in [0.25, 0.3) is 0 Å². The Morgan fingerprint density at radius 3 is 1.47 bits per heavy atom. The van der Waals surface area contributed by atoms with Crippen LogP contribution in [0.15, 0.2) is 18.2 Å². The molecule has 17 heavy (non-hydrogen) atoms. The van der Waals surface area contributed by atoms with Crippen molar-refractivity contribution >= 4 is 6.04 Å². The van der Waals surface area contributed by atoms with Gasteiger partial charge in [0.2, 0.25) is 0 Å². The van der Waals surface area contributed by atoms with Crippen molar-refractivity contribution in [1.29, 1.82) is 0 Å². The summed E-state index contributed by atoms with van der Waals surface area (Å²) in [6.45, 7) is 0. The molecule has 1 rings (SSSR count). The number of rotatable bonds is 1. The minimum Gasteiger partial charge on any atom is -0.255 e. The predicted octanol–water partition coefficient (Wildman–Crippen LogP) is 3.83. The van der Waals surface area contributed by atoms with Gasteiger partial charge in [0.15, 0.2) is 0 Å². The lowest BCUT2D eigenvalue weighted by Gasteiger charge is -2.15. The third-order valence-corrected chi connectivity index (χ3v) is 1.87. The first-order valence-electron chi connectivity index (χ1n) is 4.02. The summed E-state index contributed by atoms with van der Waals surface area (Å²) < 4.78 is 86.1. The van der Waals surface area contributed by atoms with Crippen LogP contribution in [-0.4, -0.2) is 6.04 Å². The van der Waals surface area contributed by atoms with Crippen molar-refractivity contribution in [3.05, 3.63) is 34.9 Å². The molecule has 0 radical (unpaired) electrons. The van der Waals surface area contributed by atoms with Crippen LogP contribution < -0.4 is 0 Å². The molecule has 0 amide bonds. The van der Waals surface area contributed by atoms with Crippen LogP contribution in [0.1, 0.15) is 21.5 Å². The SMILES string of the molecule is O=C(F)c1c(C(F)(F)F)cccc1C(F)(F)F. The Kier molecular flexibility index (Phi) is 3.17. The van der Waals surface area contributed by atoms with Crippen LogP contribution in [0.5, 0.6) is 0 Å². The molecule has 1 aromatic rings. The first-order chi connectivity index (χ1) is 7.55. The quantitative estimate of drug-likeness (QED) is 0.554. The maximum Gasteiger partial charge on any atom is 0.417 e. The second-order valence-corrected chi connectivity index (χ2v) is 3.00. The van der Waals surface area contributed by atoms with Gasteiger partial charge in [-0.2, -0.15) is 30.7 Å². The van der Waals surface area contributed by atoms with Crippen LogP contribution >= 0.6 is 0 Å². The summed E-state index contributed by atoms with van der Waals surface area (Å²) in [6.07, 6.45) is -10.5. The molecular weight excluding hydrogens is 257 g/mol. The highest BCUT2D eigenvalue weighted by atomic mass is 19.4. The molecule has 0 atom stereocenters. The molecular formula is C9H3F7O. The molecule has 0 saturated heterocycles. The van der Waals surface area contributed by atoms with Crippen molar-refractivity contribution in [3.63, 3.8) is 0 Å². The Morgan fingerprint density at radius 2 is 1.24 bits per heavy atom. The van der Waals surface area contributed by atoms with Gasteiger partial charge in [0.05, 0.1) is 16.7 Å². The maximum atomic E-state index is 12.4. The highest BCUT2D eigenvalue weighted by molar-refractivity contribution is 5.92. The Bertz CT molecular complexity index is 411. The fraction of sp³-hybridized carbons (Fsp3) is 0.222. The topological polar surface area (TPSA) is 17.1 Å². The van der Waals surface area contributed by atoms with E-state index in [1.165, 1.54) is 0 Å². The Hall–Kier alpha value is -1.60. The fourth-order valence-electron chi connectivity index (χ4n) is 1.24. The van der Waals surface area contributed by atoms with Crippen molar-refractivity contribution < 1.29 is 35.5 Å². The van der Waals surface area contributed by atoms with Crippen molar-refractivity contribution in [3.8, 4) is 0 Å². The summed E-state index contributed by atoms with van der Waals surface area (Å²) in [5.41, 5.74) is -5.90. The van der Waals surface area contributed by atoms with E-state index in [2.05, 4.69) is 0 Å². The first-order valence-corrected chi connectivity index (χ1v) is 4.02. The van der Waals surface area contributed by atoms with E-state index in [4.69, 9.17) is 0 Å². The van der Waals surface area contributed by atoms with Crippen molar-refractivity contribution in [2.45, 2.75) is 12.4 Å². The molecule has 0 aliphatic rings.